The summed E-state index contributed by atoms with van der Waals surface area (Å²) in [6, 6.07) is 6.54. The molecule has 3 aromatic rings. The molecule has 2 fully saturated rings. The van der Waals surface area contributed by atoms with E-state index in [1.54, 1.807) is 12.1 Å². The highest BCUT2D eigenvalue weighted by atomic mass is 35.5. The Balaban J connectivity index is 0.00000190. The zero-order valence-corrected chi connectivity index (χ0v) is 21.6. The second-order valence-electron chi connectivity index (χ2n) is 9.21. The number of hydrogen-bond acceptors (Lipinski definition) is 4. The van der Waals surface area contributed by atoms with Crippen LogP contribution in [0.1, 0.15) is 24.0 Å². The lowest BCUT2D eigenvalue weighted by Crippen LogP contribution is -2.32. The van der Waals surface area contributed by atoms with E-state index in [2.05, 4.69) is 14.9 Å². The highest BCUT2D eigenvalue weighted by Crippen LogP contribution is 2.59. The normalized spacial score (nSPS) is 20.6. The van der Waals surface area contributed by atoms with Gasteiger partial charge in [0.15, 0.2) is 0 Å². The number of hydrogen-bond donors (Lipinski definition) is 1. The molecule has 5 rings (SSSR count). The summed E-state index contributed by atoms with van der Waals surface area (Å²) in [6.45, 7) is 2.59. The number of benzene rings is 1. The summed E-state index contributed by atoms with van der Waals surface area (Å²) in [6.07, 6.45) is -0.490. The molecule has 6 nitrogen and oxygen atoms in total. The van der Waals surface area contributed by atoms with E-state index in [0.717, 1.165) is 49.5 Å². The number of alkyl halides is 3. The molecule has 0 unspecified atom stereocenters. The Hall–Kier alpha value is -2.40. The Morgan fingerprint density at radius 3 is 2.49 bits per heavy atom. The van der Waals surface area contributed by atoms with Gasteiger partial charge in [0.25, 0.3) is 5.56 Å². The van der Waals surface area contributed by atoms with E-state index >= 15 is 0 Å². The van der Waals surface area contributed by atoms with Crippen LogP contribution in [0.3, 0.4) is 0 Å². The predicted molar refractivity (Wildman–Crippen MR) is 136 cm³/mol. The molecule has 13 heteroatoms. The van der Waals surface area contributed by atoms with Crippen LogP contribution in [0, 0.1) is 11.7 Å². The van der Waals surface area contributed by atoms with Gasteiger partial charge in [-0.1, -0.05) is 23.7 Å². The molecule has 1 aromatic carbocycles. The van der Waals surface area contributed by atoms with Gasteiger partial charge in [-0.3, -0.25) is 14.3 Å². The number of H-pyrrole nitrogens is 1. The minimum atomic E-state index is -4.35. The standard InChI is InChI=1S/C24H21ClF4N4O2.2ClH/c25-20-18(8-17(26)10-30-20)19-12-33(22(35)31-21(19)34)7-1-6-32-11-16-9-23(16,13-32)14-2-4-15(5-3-14)24(27,28)29;;/h2-5,8,10,12,16H,1,6-7,9,11,13H2,(H,31,34,35);2*1H/t16-,23+;;/m0../s1. The van der Waals surface area contributed by atoms with Crippen LogP contribution in [0.15, 0.2) is 52.3 Å². The van der Waals surface area contributed by atoms with Gasteiger partial charge in [0.1, 0.15) is 11.0 Å². The van der Waals surface area contributed by atoms with Gasteiger partial charge in [-0.15, -0.1) is 24.8 Å². The number of likely N-dealkylation sites (tertiary alicyclic amines) is 1. The van der Waals surface area contributed by atoms with E-state index in [1.807, 2.05) is 0 Å². The van der Waals surface area contributed by atoms with Crippen LogP contribution >= 0.6 is 36.4 Å². The molecule has 1 saturated carbocycles. The molecular weight excluding hydrogens is 559 g/mol. The van der Waals surface area contributed by atoms with E-state index < -0.39 is 28.8 Å². The smallest absolute Gasteiger partial charge is 0.302 e. The van der Waals surface area contributed by atoms with Crippen LogP contribution in [-0.2, 0) is 18.1 Å². The molecule has 0 spiro atoms. The Labute approximate surface area is 226 Å². The topological polar surface area (TPSA) is 71.0 Å². The highest BCUT2D eigenvalue weighted by Gasteiger charge is 2.60. The van der Waals surface area contributed by atoms with Gasteiger partial charge in [-0.2, -0.15) is 13.2 Å². The SMILES string of the molecule is Cl.Cl.O=c1[nH]c(=O)n(CCCN2C[C@@H]3C[C@]3(c3ccc(C(F)(F)F)cc3)C2)cc1-c1cc(F)cnc1Cl. The van der Waals surface area contributed by atoms with E-state index in [-0.39, 0.29) is 46.5 Å². The van der Waals surface area contributed by atoms with Gasteiger partial charge in [0.2, 0.25) is 0 Å². The van der Waals surface area contributed by atoms with Crippen molar-refractivity contribution in [1.29, 1.82) is 0 Å². The summed E-state index contributed by atoms with van der Waals surface area (Å²) in [5.41, 5.74) is -0.938. The van der Waals surface area contributed by atoms with E-state index in [1.165, 1.54) is 10.8 Å². The molecule has 1 saturated heterocycles. The second kappa shape index (κ2) is 10.8. The van der Waals surface area contributed by atoms with Gasteiger partial charge >= 0.3 is 11.9 Å². The Kier molecular flexibility index (Phi) is 8.48. The van der Waals surface area contributed by atoms with Crippen LogP contribution in [0.4, 0.5) is 17.6 Å². The third kappa shape index (κ3) is 5.72. The third-order valence-electron chi connectivity index (χ3n) is 6.98. The molecule has 0 bridgehead atoms. The summed E-state index contributed by atoms with van der Waals surface area (Å²) in [5.74, 6) is -0.250. The summed E-state index contributed by atoms with van der Waals surface area (Å²) in [5, 5.41) is -0.0491. The third-order valence-corrected chi connectivity index (χ3v) is 7.28. The van der Waals surface area contributed by atoms with Crippen molar-refractivity contribution < 1.29 is 17.6 Å². The summed E-state index contributed by atoms with van der Waals surface area (Å²) in [4.78, 5) is 32.8. The lowest BCUT2D eigenvalue weighted by Gasteiger charge is -2.21. The minimum absolute atomic E-state index is 0. The maximum atomic E-state index is 13.6. The monoisotopic (exact) mass is 580 g/mol. The molecule has 1 N–H and O–H groups in total. The fourth-order valence-electron chi connectivity index (χ4n) is 5.14. The molecule has 2 atom stereocenters. The predicted octanol–water partition coefficient (Wildman–Crippen LogP) is 4.92. The quantitative estimate of drug-likeness (QED) is 0.332. The first-order valence-corrected chi connectivity index (χ1v) is 11.5. The summed E-state index contributed by atoms with van der Waals surface area (Å²) in [7, 11) is 0. The minimum Gasteiger partial charge on any atom is -0.302 e. The van der Waals surface area contributed by atoms with E-state index in [9.17, 15) is 27.2 Å². The number of aromatic amines is 1. The van der Waals surface area contributed by atoms with Crippen molar-refractivity contribution in [2.24, 2.45) is 5.92 Å². The first kappa shape index (κ1) is 29.2. The van der Waals surface area contributed by atoms with Crippen LogP contribution in [0.5, 0.6) is 0 Å². The Bertz CT molecular complexity index is 1390. The Morgan fingerprint density at radius 2 is 1.81 bits per heavy atom. The van der Waals surface area contributed by atoms with Crippen LogP contribution in [0.25, 0.3) is 11.1 Å². The lowest BCUT2D eigenvalue weighted by atomic mass is 9.94. The van der Waals surface area contributed by atoms with Gasteiger partial charge in [0.05, 0.1) is 17.3 Å². The Morgan fingerprint density at radius 1 is 1.11 bits per heavy atom. The van der Waals surface area contributed by atoms with E-state index in [0.29, 0.717) is 25.4 Å². The summed E-state index contributed by atoms with van der Waals surface area (Å²) >= 11 is 6.02. The van der Waals surface area contributed by atoms with Crippen molar-refractivity contribution in [3.63, 3.8) is 0 Å². The number of piperidine rings is 1. The van der Waals surface area contributed by atoms with Crippen molar-refractivity contribution in [2.45, 2.75) is 31.0 Å². The fraction of sp³-hybridized carbons (Fsp3) is 0.375. The zero-order chi connectivity index (χ0) is 25.0. The zero-order valence-electron chi connectivity index (χ0n) is 19.2. The number of nitrogens with zero attached hydrogens (tertiary/aromatic N) is 3. The molecule has 0 radical (unpaired) electrons. The number of aryl methyl sites for hydroxylation is 1. The van der Waals surface area contributed by atoms with Gasteiger partial charge in [-0.25, -0.2) is 14.2 Å². The van der Waals surface area contributed by atoms with Gasteiger partial charge in [-0.05, 0) is 49.1 Å². The molecule has 1 aliphatic heterocycles. The average molecular weight is 582 g/mol. The molecule has 2 aliphatic rings. The van der Waals surface area contributed by atoms with Crippen molar-refractivity contribution in [2.75, 3.05) is 19.6 Å². The average Bonchev–Trinajstić information content (AvgIpc) is 3.38. The van der Waals surface area contributed by atoms with Crippen molar-refractivity contribution in [3.05, 3.63) is 85.7 Å². The maximum Gasteiger partial charge on any atom is 0.416 e. The van der Waals surface area contributed by atoms with Crippen molar-refractivity contribution >= 4 is 36.4 Å². The number of halogens is 7. The van der Waals surface area contributed by atoms with Crippen molar-refractivity contribution in [1.82, 2.24) is 19.4 Å². The molecule has 200 valence electrons. The number of fused-ring (bicyclic) bond motifs is 1. The fourth-order valence-corrected chi connectivity index (χ4v) is 5.34. The maximum absolute atomic E-state index is 13.6. The number of aromatic nitrogens is 3. The van der Waals surface area contributed by atoms with Crippen LogP contribution in [-0.4, -0.2) is 39.1 Å². The number of rotatable bonds is 6. The highest BCUT2D eigenvalue weighted by molar-refractivity contribution is 6.32. The largest absolute Gasteiger partial charge is 0.416 e. The first-order valence-electron chi connectivity index (χ1n) is 11.1. The molecule has 0 amide bonds. The first-order chi connectivity index (χ1) is 16.6. The number of pyridine rings is 1. The van der Waals surface area contributed by atoms with Gasteiger partial charge in [0, 0.05) is 36.8 Å². The van der Waals surface area contributed by atoms with E-state index in [4.69, 9.17) is 11.6 Å². The lowest BCUT2D eigenvalue weighted by molar-refractivity contribution is -0.137. The molecular formula is C24H23Cl3F4N4O2. The van der Waals surface area contributed by atoms with Crippen molar-refractivity contribution in [3.8, 4) is 11.1 Å². The van der Waals surface area contributed by atoms with Gasteiger partial charge < -0.3 is 4.90 Å². The molecule has 37 heavy (non-hydrogen) atoms. The van der Waals surface area contributed by atoms with Crippen LogP contribution in [0.2, 0.25) is 5.15 Å². The van der Waals surface area contributed by atoms with Crippen LogP contribution < -0.4 is 11.2 Å². The number of nitrogens with one attached hydrogen (secondary N) is 1. The summed E-state index contributed by atoms with van der Waals surface area (Å²) < 4.78 is 53.6. The molecule has 3 heterocycles. The molecule has 2 aromatic heterocycles. The molecule has 1 aliphatic carbocycles. The second-order valence-corrected chi connectivity index (χ2v) is 9.57.